The van der Waals surface area contributed by atoms with E-state index < -0.39 is 17.8 Å². The van der Waals surface area contributed by atoms with E-state index in [9.17, 15) is 14.0 Å². The van der Waals surface area contributed by atoms with Gasteiger partial charge in [-0.15, -0.1) is 0 Å². The number of benzene rings is 1. The van der Waals surface area contributed by atoms with Gasteiger partial charge < -0.3 is 15.2 Å². The van der Waals surface area contributed by atoms with E-state index in [1.165, 1.54) is 12.1 Å². The van der Waals surface area contributed by atoms with Gasteiger partial charge in [-0.1, -0.05) is 26.0 Å². The molecule has 0 heterocycles. The van der Waals surface area contributed by atoms with E-state index >= 15 is 0 Å². The topological polar surface area (TPSA) is 75.6 Å². The van der Waals surface area contributed by atoms with E-state index in [1.807, 2.05) is 0 Å². The van der Waals surface area contributed by atoms with Crippen molar-refractivity contribution in [1.82, 2.24) is 5.32 Å². The first-order chi connectivity index (χ1) is 9.91. The van der Waals surface area contributed by atoms with Gasteiger partial charge in [-0.2, -0.15) is 0 Å². The number of hydrogen-bond donors (Lipinski definition) is 2. The standard InChI is InChI=1S/C15H20FNO4/c1-10(2)14(15(19)20)17-13(18)8-5-9-21-12-7-4-3-6-11(12)16/h3-4,6-7,10,14H,5,8-9H2,1-2H3,(H,17,18)(H,19,20). The van der Waals surface area contributed by atoms with Gasteiger partial charge in [0.25, 0.3) is 0 Å². The summed E-state index contributed by atoms with van der Waals surface area (Å²) in [5.74, 6) is -1.91. The maximum atomic E-state index is 13.3. The first-order valence-electron chi connectivity index (χ1n) is 6.81. The molecule has 0 fully saturated rings. The van der Waals surface area contributed by atoms with Crippen molar-refractivity contribution in [3.63, 3.8) is 0 Å². The predicted octanol–water partition coefficient (Wildman–Crippen LogP) is 2.21. The molecule has 1 rings (SSSR count). The van der Waals surface area contributed by atoms with E-state index in [4.69, 9.17) is 9.84 Å². The Kier molecular flexibility index (Phi) is 6.65. The van der Waals surface area contributed by atoms with Gasteiger partial charge in [0, 0.05) is 6.42 Å². The van der Waals surface area contributed by atoms with Crippen LogP contribution in [0.15, 0.2) is 24.3 Å². The van der Waals surface area contributed by atoms with E-state index in [2.05, 4.69) is 5.32 Å². The maximum absolute atomic E-state index is 13.3. The zero-order chi connectivity index (χ0) is 15.8. The average Bonchev–Trinajstić information content (AvgIpc) is 2.42. The average molecular weight is 297 g/mol. The van der Waals surface area contributed by atoms with Crippen LogP contribution in [0.5, 0.6) is 5.75 Å². The van der Waals surface area contributed by atoms with Gasteiger partial charge in [0.05, 0.1) is 6.61 Å². The highest BCUT2D eigenvalue weighted by Gasteiger charge is 2.22. The molecule has 21 heavy (non-hydrogen) atoms. The van der Waals surface area contributed by atoms with Gasteiger partial charge in [0.2, 0.25) is 5.91 Å². The van der Waals surface area contributed by atoms with Crippen LogP contribution in [0, 0.1) is 11.7 Å². The van der Waals surface area contributed by atoms with Gasteiger partial charge in [0.15, 0.2) is 11.6 Å². The lowest BCUT2D eigenvalue weighted by molar-refractivity contribution is -0.143. The molecule has 0 aliphatic carbocycles. The van der Waals surface area contributed by atoms with Crippen molar-refractivity contribution in [3.8, 4) is 5.75 Å². The molecule has 2 N–H and O–H groups in total. The number of carbonyl (C=O) groups excluding carboxylic acids is 1. The number of halogens is 1. The third-order valence-corrected chi connectivity index (χ3v) is 2.89. The number of carbonyl (C=O) groups is 2. The summed E-state index contributed by atoms with van der Waals surface area (Å²) in [6.45, 7) is 3.63. The monoisotopic (exact) mass is 297 g/mol. The van der Waals surface area contributed by atoms with Crippen molar-refractivity contribution in [2.75, 3.05) is 6.61 Å². The zero-order valence-corrected chi connectivity index (χ0v) is 12.1. The summed E-state index contributed by atoms with van der Waals surface area (Å²) in [6.07, 6.45) is 0.509. The van der Waals surface area contributed by atoms with Crippen molar-refractivity contribution in [2.45, 2.75) is 32.7 Å². The molecule has 116 valence electrons. The lowest BCUT2D eigenvalue weighted by Crippen LogP contribution is -2.44. The normalized spacial score (nSPS) is 12.0. The van der Waals surface area contributed by atoms with E-state index in [0.717, 1.165) is 0 Å². The van der Waals surface area contributed by atoms with Crippen LogP contribution in [0.4, 0.5) is 4.39 Å². The van der Waals surface area contributed by atoms with Crippen molar-refractivity contribution in [1.29, 1.82) is 0 Å². The number of para-hydroxylation sites is 1. The van der Waals surface area contributed by atoms with Crippen LogP contribution in [0.1, 0.15) is 26.7 Å². The van der Waals surface area contributed by atoms with E-state index in [1.54, 1.807) is 26.0 Å². The summed E-state index contributed by atoms with van der Waals surface area (Å²) in [6, 6.07) is 5.13. The first kappa shape index (κ1) is 16.9. The molecule has 1 amide bonds. The molecule has 0 bridgehead atoms. The molecule has 0 aliphatic rings. The third kappa shape index (κ3) is 5.81. The van der Waals surface area contributed by atoms with Crippen molar-refractivity contribution >= 4 is 11.9 Å². The Labute approximate surface area is 123 Å². The molecule has 0 saturated heterocycles. The molecule has 0 aliphatic heterocycles. The molecular weight excluding hydrogens is 277 g/mol. The maximum Gasteiger partial charge on any atom is 0.326 e. The molecule has 1 unspecified atom stereocenters. The molecule has 0 saturated carbocycles. The fourth-order valence-corrected chi connectivity index (χ4v) is 1.74. The quantitative estimate of drug-likeness (QED) is 0.721. The second-order valence-electron chi connectivity index (χ2n) is 5.01. The minimum Gasteiger partial charge on any atom is -0.491 e. The van der Waals surface area contributed by atoms with Crippen LogP contribution in [0.25, 0.3) is 0 Å². The van der Waals surface area contributed by atoms with Gasteiger partial charge >= 0.3 is 5.97 Å². The molecule has 1 aromatic rings. The molecule has 5 nitrogen and oxygen atoms in total. The lowest BCUT2D eigenvalue weighted by Gasteiger charge is -2.17. The van der Waals surface area contributed by atoms with Crippen LogP contribution >= 0.6 is 0 Å². The molecule has 0 spiro atoms. The van der Waals surface area contributed by atoms with Crippen molar-refractivity contribution < 1.29 is 23.8 Å². The van der Waals surface area contributed by atoms with Crippen LogP contribution in [0.2, 0.25) is 0 Å². The number of amides is 1. The number of ether oxygens (including phenoxy) is 1. The fraction of sp³-hybridized carbons (Fsp3) is 0.467. The molecule has 1 atom stereocenters. The highest BCUT2D eigenvalue weighted by Crippen LogP contribution is 2.15. The molecule has 0 aromatic heterocycles. The van der Waals surface area contributed by atoms with Gasteiger partial charge in [-0.3, -0.25) is 4.79 Å². The summed E-state index contributed by atoms with van der Waals surface area (Å²) >= 11 is 0. The number of carboxylic acids is 1. The Hall–Kier alpha value is -2.11. The van der Waals surface area contributed by atoms with Crippen LogP contribution in [0.3, 0.4) is 0 Å². The minimum absolute atomic E-state index is 0.130. The van der Waals surface area contributed by atoms with Gasteiger partial charge in [-0.25, -0.2) is 9.18 Å². The van der Waals surface area contributed by atoms with Crippen LogP contribution in [-0.4, -0.2) is 29.6 Å². The summed E-state index contributed by atoms with van der Waals surface area (Å²) < 4.78 is 18.5. The number of hydrogen-bond acceptors (Lipinski definition) is 3. The Balaban J connectivity index is 2.31. The summed E-state index contributed by atoms with van der Waals surface area (Å²) in [5.41, 5.74) is 0. The highest BCUT2D eigenvalue weighted by molar-refractivity contribution is 5.83. The van der Waals surface area contributed by atoms with E-state index in [-0.39, 0.29) is 30.6 Å². The zero-order valence-electron chi connectivity index (χ0n) is 12.1. The summed E-state index contributed by atoms with van der Waals surface area (Å²) in [4.78, 5) is 22.6. The second kappa shape index (κ2) is 8.24. The predicted molar refractivity (Wildman–Crippen MR) is 75.5 cm³/mol. The number of carboxylic acid groups (broad SMARTS) is 1. The fourth-order valence-electron chi connectivity index (χ4n) is 1.74. The van der Waals surface area contributed by atoms with Crippen molar-refractivity contribution in [2.24, 2.45) is 5.92 Å². The highest BCUT2D eigenvalue weighted by atomic mass is 19.1. The smallest absolute Gasteiger partial charge is 0.326 e. The largest absolute Gasteiger partial charge is 0.491 e. The molecule has 1 aromatic carbocycles. The Bertz CT molecular complexity index is 490. The molecule has 0 radical (unpaired) electrons. The van der Waals surface area contributed by atoms with Crippen LogP contribution < -0.4 is 10.1 Å². The van der Waals surface area contributed by atoms with E-state index in [0.29, 0.717) is 6.42 Å². The molecular formula is C15H20FNO4. The number of rotatable bonds is 8. The number of aliphatic carboxylic acids is 1. The Morgan fingerprint density at radius 2 is 2.00 bits per heavy atom. The summed E-state index contributed by atoms with van der Waals surface area (Å²) in [7, 11) is 0. The Morgan fingerprint density at radius 1 is 1.33 bits per heavy atom. The van der Waals surface area contributed by atoms with Gasteiger partial charge in [-0.05, 0) is 24.5 Å². The minimum atomic E-state index is -1.05. The third-order valence-electron chi connectivity index (χ3n) is 2.89. The SMILES string of the molecule is CC(C)C(NC(=O)CCCOc1ccccc1F)C(=O)O. The first-order valence-corrected chi connectivity index (χ1v) is 6.81. The van der Waals surface area contributed by atoms with Crippen LogP contribution in [-0.2, 0) is 9.59 Å². The summed E-state index contributed by atoms with van der Waals surface area (Å²) in [5, 5.41) is 11.4. The second-order valence-corrected chi connectivity index (χ2v) is 5.01. The number of nitrogens with one attached hydrogen (secondary N) is 1. The lowest BCUT2D eigenvalue weighted by atomic mass is 10.0. The van der Waals surface area contributed by atoms with Gasteiger partial charge in [0.1, 0.15) is 6.04 Å². The molecule has 6 heteroatoms. The van der Waals surface area contributed by atoms with Crippen molar-refractivity contribution in [3.05, 3.63) is 30.1 Å². The Morgan fingerprint density at radius 3 is 2.57 bits per heavy atom.